The zero-order chi connectivity index (χ0) is 29.4. The number of aliphatic hydroxyl groups is 2. The lowest BCUT2D eigenvalue weighted by Gasteiger charge is -2.31. The Hall–Kier alpha value is -3.96. The van der Waals surface area contributed by atoms with Gasteiger partial charge in [0, 0.05) is 36.3 Å². The lowest BCUT2D eigenvalue weighted by atomic mass is 9.94. The van der Waals surface area contributed by atoms with Gasteiger partial charge in [0.15, 0.2) is 23.8 Å². The minimum atomic E-state index is -1.42. The lowest BCUT2D eigenvalue weighted by molar-refractivity contribution is -0.137. The Morgan fingerprint density at radius 3 is 2.67 bits per heavy atom. The number of imidazole rings is 1. The Morgan fingerprint density at radius 1 is 1.14 bits per heavy atom. The molecule has 13 nitrogen and oxygen atoms in total. The van der Waals surface area contributed by atoms with E-state index in [0.717, 1.165) is 25.7 Å². The van der Waals surface area contributed by atoms with Gasteiger partial charge in [-0.2, -0.15) is 0 Å². The van der Waals surface area contributed by atoms with E-state index >= 15 is 0 Å². The summed E-state index contributed by atoms with van der Waals surface area (Å²) < 4.78 is 7.20. The maximum atomic E-state index is 12.6. The van der Waals surface area contributed by atoms with E-state index in [0.29, 0.717) is 41.7 Å². The first kappa shape index (κ1) is 28.2. The molecular weight excluding hydrogens is 564 g/mol. The van der Waals surface area contributed by atoms with Gasteiger partial charge in [-0.05, 0) is 55.7 Å². The molecule has 220 valence electrons. The number of ether oxygens (including phenoxy) is 1. The number of amides is 3. The van der Waals surface area contributed by atoms with Crippen LogP contribution in [-0.2, 0) is 9.53 Å². The monoisotopic (exact) mass is 594 g/mol. The van der Waals surface area contributed by atoms with Gasteiger partial charge in [-0.1, -0.05) is 23.6 Å². The topological polar surface area (TPSA) is 181 Å². The van der Waals surface area contributed by atoms with Gasteiger partial charge >= 0.3 is 6.03 Å². The van der Waals surface area contributed by atoms with Gasteiger partial charge in [0.1, 0.15) is 17.7 Å². The summed E-state index contributed by atoms with van der Waals surface area (Å²) in [5.74, 6) is 6.22. The first-order valence-electron chi connectivity index (χ1n) is 13.9. The molecule has 6 N–H and O–H groups in total. The lowest BCUT2D eigenvalue weighted by Crippen LogP contribution is -2.43. The van der Waals surface area contributed by atoms with Gasteiger partial charge in [0.05, 0.1) is 6.33 Å². The Morgan fingerprint density at radius 2 is 1.93 bits per heavy atom. The van der Waals surface area contributed by atoms with Gasteiger partial charge in [-0.3, -0.25) is 9.36 Å². The average Bonchev–Trinajstić information content (AvgIpc) is 3.60. The number of hydrogen-bond donors (Lipinski definition) is 5. The van der Waals surface area contributed by atoms with Crippen molar-refractivity contribution >= 4 is 46.2 Å². The minimum Gasteiger partial charge on any atom is -0.387 e. The van der Waals surface area contributed by atoms with E-state index in [-0.39, 0.29) is 29.4 Å². The van der Waals surface area contributed by atoms with Crippen LogP contribution < -0.4 is 16.4 Å². The smallest absolute Gasteiger partial charge is 0.321 e. The standard InChI is InChI=1S/C28H31ClN8O5/c29-16-4-2-5-18(13-16)33-28(41)36-11-9-15(10-12-36)3-1-6-19-34-24(30)20-25(35-19)37(14-31-20)27-22(39)21(38)23(42-27)26(40)32-17-7-8-17/h2,4-5,13-15,17,21-23,27,38-39H,3,7-12H2,(H,32,40)(H,33,41)(H2,30,34,35)/t21-,22+,23?,27?/m1/s1. The number of nitrogens with two attached hydrogens (primary N) is 1. The third kappa shape index (κ3) is 5.98. The number of fused-ring (bicyclic) bond motifs is 1. The molecule has 14 heteroatoms. The van der Waals surface area contributed by atoms with Crippen molar-refractivity contribution in [2.24, 2.45) is 5.92 Å². The fraction of sp³-hybridized carbons (Fsp3) is 0.464. The van der Waals surface area contributed by atoms with E-state index in [1.165, 1.54) is 10.9 Å². The number of rotatable bonds is 5. The number of anilines is 2. The summed E-state index contributed by atoms with van der Waals surface area (Å²) in [6.07, 6.45) is 0.223. The molecule has 1 aliphatic carbocycles. The normalized spacial score (nSPS) is 24.3. The summed E-state index contributed by atoms with van der Waals surface area (Å²) in [4.78, 5) is 39.9. The van der Waals surface area contributed by atoms with Crippen molar-refractivity contribution in [2.75, 3.05) is 24.1 Å². The van der Waals surface area contributed by atoms with Crippen molar-refractivity contribution in [3.05, 3.63) is 41.4 Å². The first-order chi connectivity index (χ1) is 20.3. The predicted molar refractivity (Wildman–Crippen MR) is 153 cm³/mol. The Balaban J connectivity index is 1.08. The van der Waals surface area contributed by atoms with Crippen LogP contribution in [0.1, 0.15) is 44.2 Å². The van der Waals surface area contributed by atoms with Crippen LogP contribution in [0.4, 0.5) is 16.3 Å². The van der Waals surface area contributed by atoms with Crippen molar-refractivity contribution in [2.45, 2.75) is 62.7 Å². The maximum absolute atomic E-state index is 12.6. The number of nitrogens with one attached hydrogen (secondary N) is 2. The van der Waals surface area contributed by atoms with Crippen molar-refractivity contribution in [3.8, 4) is 11.8 Å². The van der Waals surface area contributed by atoms with Crippen LogP contribution in [-0.4, -0.2) is 84.0 Å². The molecule has 4 atom stereocenters. The molecule has 0 radical (unpaired) electrons. The Labute approximate surface area is 246 Å². The number of piperidine rings is 1. The van der Waals surface area contributed by atoms with Crippen molar-refractivity contribution < 1.29 is 24.5 Å². The highest BCUT2D eigenvalue weighted by Gasteiger charge is 2.48. The average molecular weight is 595 g/mol. The Bertz CT molecular complexity index is 1560. The molecule has 1 aromatic carbocycles. The summed E-state index contributed by atoms with van der Waals surface area (Å²) in [5, 5.41) is 27.4. The van der Waals surface area contributed by atoms with Crippen LogP contribution in [0.15, 0.2) is 30.6 Å². The molecule has 1 saturated carbocycles. The van der Waals surface area contributed by atoms with Crippen LogP contribution in [0.5, 0.6) is 0 Å². The SMILES string of the molecule is Nc1nc(C#CCC2CCN(C(=O)Nc3cccc(Cl)c3)CC2)nc2c1ncn2C1OC(C(=O)NC2CC2)[C@H](O)[C@@H]1O. The van der Waals surface area contributed by atoms with Gasteiger partial charge in [-0.15, -0.1) is 0 Å². The molecule has 42 heavy (non-hydrogen) atoms. The van der Waals surface area contributed by atoms with E-state index in [2.05, 4.69) is 37.4 Å². The molecule has 2 aliphatic heterocycles. The van der Waals surface area contributed by atoms with E-state index < -0.39 is 30.4 Å². The number of benzene rings is 1. The molecule has 3 aromatic rings. The summed E-state index contributed by atoms with van der Waals surface area (Å²) in [6.45, 7) is 1.23. The van der Waals surface area contributed by atoms with Crippen LogP contribution >= 0.6 is 11.6 Å². The second-order valence-corrected chi connectivity index (χ2v) is 11.3. The van der Waals surface area contributed by atoms with Gasteiger partial charge in [-0.25, -0.2) is 19.7 Å². The molecule has 0 bridgehead atoms. The van der Waals surface area contributed by atoms with Crippen LogP contribution in [0.3, 0.4) is 0 Å². The molecule has 2 unspecified atom stereocenters. The number of hydrogen-bond acceptors (Lipinski definition) is 9. The van der Waals surface area contributed by atoms with Gasteiger partial charge in [0.2, 0.25) is 5.82 Å². The van der Waals surface area contributed by atoms with Crippen LogP contribution in [0.25, 0.3) is 11.2 Å². The van der Waals surface area contributed by atoms with E-state index in [4.69, 9.17) is 22.1 Å². The number of aromatic nitrogens is 4. The fourth-order valence-corrected chi connectivity index (χ4v) is 5.37. The summed E-state index contributed by atoms with van der Waals surface area (Å²) in [5.41, 5.74) is 7.34. The summed E-state index contributed by atoms with van der Waals surface area (Å²) in [7, 11) is 0. The van der Waals surface area contributed by atoms with Crippen LogP contribution in [0, 0.1) is 17.8 Å². The second kappa shape index (κ2) is 11.7. The summed E-state index contributed by atoms with van der Waals surface area (Å²) >= 11 is 6.00. The van der Waals surface area contributed by atoms with E-state index in [9.17, 15) is 19.8 Å². The quantitative estimate of drug-likeness (QED) is 0.274. The highest BCUT2D eigenvalue weighted by molar-refractivity contribution is 6.30. The summed E-state index contributed by atoms with van der Waals surface area (Å²) in [6, 6.07) is 6.96. The van der Waals surface area contributed by atoms with Gasteiger partial charge in [0.25, 0.3) is 5.91 Å². The highest BCUT2D eigenvalue weighted by Crippen LogP contribution is 2.33. The third-order valence-electron chi connectivity index (χ3n) is 7.71. The largest absolute Gasteiger partial charge is 0.387 e. The number of likely N-dealkylation sites (tertiary alicyclic amines) is 1. The minimum absolute atomic E-state index is 0.0824. The number of halogens is 1. The van der Waals surface area contributed by atoms with Crippen molar-refractivity contribution in [1.82, 2.24) is 29.7 Å². The molecule has 0 spiro atoms. The van der Waals surface area contributed by atoms with E-state index in [1.807, 2.05) is 0 Å². The molecule has 3 fully saturated rings. The molecule has 4 heterocycles. The van der Waals surface area contributed by atoms with E-state index in [1.54, 1.807) is 29.2 Å². The zero-order valence-electron chi connectivity index (χ0n) is 22.6. The molecule has 6 rings (SSSR count). The number of carbonyl (C=O) groups excluding carboxylic acids is 2. The second-order valence-electron chi connectivity index (χ2n) is 10.8. The Kier molecular flexibility index (Phi) is 7.87. The first-order valence-corrected chi connectivity index (χ1v) is 14.3. The molecule has 3 aliphatic rings. The number of nitrogen functional groups attached to an aromatic ring is 1. The molecule has 2 aromatic heterocycles. The number of carbonyl (C=O) groups is 2. The molecule has 3 amide bonds. The zero-order valence-corrected chi connectivity index (χ0v) is 23.4. The van der Waals surface area contributed by atoms with Crippen LogP contribution in [0.2, 0.25) is 5.02 Å². The molecule has 2 saturated heterocycles. The fourth-order valence-electron chi connectivity index (χ4n) is 5.18. The highest BCUT2D eigenvalue weighted by atomic mass is 35.5. The van der Waals surface area contributed by atoms with Crippen molar-refractivity contribution in [1.29, 1.82) is 0 Å². The number of aliphatic hydroxyl groups excluding tert-OH is 2. The number of nitrogens with zero attached hydrogens (tertiary/aromatic N) is 5. The number of urea groups is 1. The predicted octanol–water partition coefficient (Wildman–Crippen LogP) is 1.65. The van der Waals surface area contributed by atoms with Crippen molar-refractivity contribution in [3.63, 3.8) is 0 Å². The molecular formula is C28H31ClN8O5. The maximum Gasteiger partial charge on any atom is 0.321 e. The van der Waals surface area contributed by atoms with Gasteiger partial charge < -0.3 is 36.2 Å². The third-order valence-corrected chi connectivity index (χ3v) is 7.95.